The van der Waals surface area contributed by atoms with Crippen LogP contribution in [0, 0.1) is 13.8 Å². The summed E-state index contributed by atoms with van der Waals surface area (Å²) in [4.78, 5) is 2.48. The van der Waals surface area contributed by atoms with E-state index in [4.69, 9.17) is 0 Å². The molecular weight excluding hydrogens is 182 g/mol. The van der Waals surface area contributed by atoms with Crippen LogP contribution in [0.2, 0.25) is 0 Å². The van der Waals surface area contributed by atoms with Crippen LogP contribution in [0.4, 0.5) is 5.69 Å². The highest BCUT2D eigenvalue weighted by Crippen LogP contribution is 2.21. The first kappa shape index (κ1) is 12.1. The van der Waals surface area contributed by atoms with Gasteiger partial charge < -0.3 is 4.90 Å². The molecule has 0 aliphatic carbocycles. The molecule has 0 bridgehead atoms. The van der Waals surface area contributed by atoms with Crippen LogP contribution >= 0.6 is 0 Å². The fraction of sp³-hybridized carbons (Fsp3) is 0.571. The zero-order chi connectivity index (χ0) is 11.3. The van der Waals surface area contributed by atoms with E-state index in [0.29, 0.717) is 0 Å². The summed E-state index contributed by atoms with van der Waals surface area (Å²) in [6, 6.07) is 6.71. The maximum atomic E-state index is 2.48. The lowest BCUT2D eigenvalue weighted by Gasteiger charge is -2.25. The van der Waals surface area contributed by atoms with Crippen LogP contribution in [0.15, 0.2) is 18.2 Å². The van der Waals surface area contributed by atoms with E-state index in [1.54, 1.807) is 0 Å². The van der Waals surface area contributed by atoms with E-state index in [0.717, 1.165) is 6.54 Å². The quantitative estimate of drug-likeness (QED) is 0.704. The topological polar surface area (TPSA) is 3.24 Å². The molecule has 0 spiro atoms. The number of anilines is 1. The Morgan fingerprint density at radius 1 is 1.13 bits per heavy atom. The highest BCUT2D eigenvalue weighted by atomic mass is 15.1. The average molecular weight is 205 g/mol. The first-order valence-corrected chi connectivity index (χ1v) is 6.01. The largest absolute Gasteiger partial charge is 0.372 e. The van der Waals surface area contributed by atoms with E-state index in [1.807, 2.05) is 0 Å². The van der Waals surface area contributed by atoms with Crippen LogP contribution in [0.25, 0.3) is 0 Å². The van der Waals surface area contributed by atoms with Crippen molar-refractivity contribution in [2.75, 3.05) is 18.0 Å². The van der Waals surface area contributed by atoms with Gasteiger partial charge in [-0.15, -0.1) is 0 Å². The van der Waals surface area contributed by atoms with Crippen molar-refractivity contribution >= 4 is 5.69 Å². The molecule has 15 heavy (non-hydrogen) atoms. The van der Waals surface area contributed by atoms with Crippen LogP contribution in [0.3, 0.4) is 0 Å². The third kappa shape index (κ3) is 3.26. The predicted octanol–water partition coefficient (Wildman–Crippen LogP) is 3.93. The van der Waals surface area contributed by atoms with Gasteiger partial charge in [0.05, 0.1) is 0 Å². The van der Waals surface area contributed by atoms with E-state index in [-0.39, 0.29) is 0 Å². The van der Waals surface area contributed by atoms with E-state index in [2.05, 4.69) is 50.8 Å². The summed E-state index contributed by atoms with van der Waals surface area (Å²) in [7, 11) is 0. The van der Waals surface area contributed by atoms with Gasteiger partial charge in [-0.3, -0.25) is 0 Å². The van der Waals surface area contributed by atoms with Gasteiger partial charge in [0.25, 0.3) is 0 Å². The van der Waals surface area contributed by atoms with Crippen LogP contribution in [-0.2, 0) is 0 Å². The number of rotatable bonds is 5. The van der Waals surface area contributed by atoms with E-state index in [1.165, 1.54) is 36.2 Å². The van der Waals surface area contributed by atoms with Crippen LogP contribution < -0.4 is 4.90 Å². The fourth-order valence-corrected chi connectivity index (χ4v) is 1.86. The minimum Gasteiger partial charge on any atom is -0.372 e. The number of unbranched alkanes of at least 4 members (excludes halogenated alkanes) is 1. The lowest BCUT2D eigenvalue weighted by molar-refractivity contribution is 0.730. The predicted molar refractivity (Wildman–Crippen MR) is 68.7 cm³/mol. The second-order valence-corrected chi connectivity index (χ2v) is 4.22. The van der Waals surface area contributed by atoms with Crippen molar-refractivity contribution < 1.29 is 0 Å². The molecule has 0 saturated carbocycles. The standard InChI is InChI=1S/C14H23N/c1-5-7-10-15(6-2)14-11-12(3)8-9-13(14)4/h8-9,11H,5-7,10H2,1-4H3. The molecule has 1 nitrogen and oxygen atoms in total. The van der Waals surface area contributed by atoms with Crippen molar-refractivity contribution in [1.82, 2.24) is 0 Å². The Morgan fingerprint density at radius 3 is 2.47 bits per heavy atom. The average Bonchev–Trinajstić information content (AvgIpc) is 2.24. The minimum atomic E-state index is 1.10. The van der Waals surface area contributed by atoms with E-state index in [9.17, 15) is 0 Å². The summed E-state index contributed by atoms with van der Waals surface area (Å²) in [5, 5.41) is 0. The number of aryl methyl sites for hydroxylation is 2. The van der Waals surface area contributed by atoms with Gasteiger partial charge in [-0.25, -0.2) is 0 Å². The van der Waals surface area contributed by atoms with Gasteiger partial charge in [-0.1, -0.05) is 25.5 Å². The molecular formula is C14H23N. The fourth-order valence-electron chi connectivity index (χ4n) is 1.86. The van der Waals surface area contributed by atoms with Crippen molar-refractivity contribution in [3.05, 3.63) is 29.3 Å². The monoisotopic (exact) mass is 205 g/mol. The third-order valence-electron chi connectivity index (χ3n) is 2.87. The van der Waals surface area contributed by atoms with Crippen molar-refractivity contribution in [3.8, 4) is 0 Å². The molecule has 1 aromatic rings. The molecule has 0 saturated heterocycles. The molecule has 0 N–H and O–H groups in total. The lowest BCUT2D eigenvalue weighted by Crippen LogP contribution is -2.24. The molecule has 0 heterocycles. The van der Waals surface area contributed by atoms with Crippen LogP contribution in [0.1, 0.15) is 37.8 Å². The molecule has 0 atom stereocenters. The molecule has 0 aromatic heterocycles. The number of benzene rings is 1. The van der Waals surface area contributed by atoms with E-state index >= 15 is 0 Å². The van der Waals surface area contributed by atoms with Crippen molar-refractivity contribution in [1.29, 1.82) is 0 Å². The van der Waals surface area contributed by atoms with Gasteiger partial charge in [0.15, 0.2) is 0 Å². The van der Waals surface area contributed by atoms with Gasteiger partial charge in [0.2, 0.25) is 0 Å². The Bertz CT molecular complexity index is 304. The summed E-state index contributed by atoms with van der Waals surface area (Å²) in [6.45, 7) is 11.1. The molecule has 1 aromatic carbocycles. The number of nitrogens with zero attached hydrogens (tertiary/aromatic N) is 1. The zero-order valence-corrected chi connectivity index (χ0v) is 10.5. The SMILES string of the molecule is CCCCN(CC)c1cc(C)ccc1C. The van der Waals surface area contributed by atoms with Gasteiger partial charge in [0.1, 0.15) is 0 Å². The summed E-state index contributed by atoms with van der Waals surface area (Å²) in [5.74, 6) is 0. The Labute approximate surface area is 94.1 Å². The Balaban J connectivity index is 2.85. The summed E-state index contributed by atoms with van der Waals surface area (Å²) >= 11 is 0. The van der Waals surface area contributed by atoms with Gasteiger partial charge in [-0.2, -0.15) is 0 Å². The number of hydrogen-bond acceptors (Lipinski definition) is 1. The number of hydrogen-bond donors (Lipinski definition) is 0. The van der Waals surface area contributed by atoms with E-state index < -0.39 is 0 Å². The maximum absolute atomic E-state index is 2.48. The molecule has 1 heteroatoms. The van der Waals surface area contributed by atoms with Crippen LogP contribution in [0.5, 0.6) is 0 Å². The second-order valence-electron chi connectivity index (χ2n) is 4.22. The first-order valence-electron chi connectivity index (χ1n) is 6.01. The first-order chi connectivity index (χ1) is 7.19. The van der Waals surface area contributed by atoms with Crippen molar-refractivity contribution in [2.45, 2.75) is 40.5 Å². The minimum absolute atomic E-state index is 1.10. The van der Waals surface area contributed by atoms with Gasteiger partial charge in [0, 0.05) is 18.8 Å². The van der Waals surface area contributed by atoms with Gasteiger partial charge in [-0.05, 0) is 44.4 Å². The Kier molecular flexibility index (Phi) is 4.67. The molecule has 0 aliphatic rings. The Hall–Kier alpha value is -0.980. The lowest BCUT2D eigenvalue weighted by atomic mass is 10.1. The molecule has 0 aliphatic heterocycles. The smallest absolute Gasteiger partial charge is 0.0398 e. The normalized spacial score (nSPS) is 10.4. The third-order valence-corrected chi connectivity index (χ3v) is 2.87. The van der Waals surface area contributed by atoms with Crippen molar-refractivity contribution in [2.24, 2.45) is 0 Å². The maximum Gasteiger partial charge on any atom is 0.0398 e. The van der Waals surface area contributed by atoms with Crippen molar-refractivity contribution in [3.63, 3.8) is 0 Å². The second kappa shape index (κ2) is 5.79. The molecule has 84 valence electrons. The zero-order valence-electron chi connectivity index (χ0n) is 10.5. The molecule has 0 fully saturated rings. The molecule has 0 unspecified atom stereocenters. The molecule has 1 rings (SSSR count). The highest BCUT2D eigenvalue weighted by Gasteiger charge is 2.06. The van der Waals surface area contributed by atoms with Crippen LogP contribution in [-0.4, -0.2) is 13.1 Å². The molecule has 0 amide bonds. The summed E-state index contributed by atoms with van der Waals surface area (Å²) in [5.41, 5.74) is 4.15. The molecule has 0 radical (unpaired) electrons. The highest BCUT2D eigenvalue weighted by molar-refractivity contribution is 5.54. The summed E-state index contributed by atoms with van der Waals surface area (Å²) < 4.78 is 0. The Morgan fingerprint density at radius 2 is 1.87 bits per heavy atom. The summed E-state index contributed by atoms with van der Waals surface area (Å²) in [6.07, 6.45) is 2.54. The van der Waals surface area contributed by atoms with Gasteiger partial charge >= 0.3 is 0 Å².